The van der Waals surface area contributed by atoms with Crippen LogP contribution in [0.4, 0.5) is 16.4 Å². The van der Waals surface area contributed by atoms with Crippen LogP contribution in [0.3, 0.4) is 0 Å². The number of anilines is 2. The lowest BCUT2D eigenvalue weighted by atomic mass is 10.1. The lowest BCUT2D eigenvalue weighted by Gasteiger charge is -2.29. The average Bonchev–Trinajstić information content (AvgIpc) is 3.38. The quantitative estimate of drug-likeness (QED) is 0.846. The summed E-state index contributed by atoms with van der Waals surface area (Å²) in [5.41, 5.74) is -0.441. The Kier molecular flexibility index (Phi) is 5.31. The largest absolute Gasteiger partial charge is 0.444 e. The van der Waals surface area contributed by atoms with E-state index < -0.39 is 5.60 Å². The Morgan fingerprint density at radius 1 is 1.25 bits per heavy atom. The van der Waals surface area contributed by atoms with E-state index in [1.165, 1.54) is 0 Å². The fourth-order valence-electron chi connectivity index (χ4n) is 4.30. The first kappa shape index (κ1) is 19.2. The number of nitrogens with zero attached hydrogens (tertiary/aromatic N) is 4. The van der Waals surface area contributed by atoms with Crippen LogP contribution in [-0.4, -0.2) is 72.5 Å². The second-order valence-corrected chi connectivity index (χ2v) is 8.95. The highest BCUT2D eigenvalue weighted by molar-refractivity contribution is 5.68. The molecule has 3 atom stereocenters. The summed E-state index contributed by atoms with van der Waals surface area (Å²) in [6.45, 7) is 11.4. The zero-order valence-corrected chi connectivity index (χ0v) is 17.1. The molecule has 3 unspecified atom stereocenters. The number of carbonyl (C=O) groups excluding carboxylic acids is 1. The number of nitrogens with one attached hydrogen (secondary N) is 1. The second-order valence-electron chi connectivity index (χ2n) is 8.95. The Morgan fingerprint density at radius 2 is 2.04 bits per heavy atom. The first-order chi connectivity index (χ1) is 13.4. The predicted octanol–water partition coefficient (Wildman–Crippen LogP) is 2.23. The molecule has 1 saturated carbocycles. The van der Waals surface area contributed by atoms with Crippen molar-refractivity contribution in [1.29, 1.82) is 0 Å². The molecule has 1 aliphatic carbocycles. The normalized spacial score (nSPS) is 27.2. The third kappa shape index (κ3) is 4.48. The van der Waals surface area contributed by atoms with Crippen LogP contribution in [0.15, 0.2) is 12.4 Å². The summed E-state index contributed by atoms with van der Waals surface area (Å²) in [5.74, 6) is 3.67. The number of piperidine rings is 1. The van der Waals surface area contributed by atoms with Crippen LogP contribution in [0, 0.1) is 17.8 Å². The number of fused-ring (bicyclic) bond motifs is 1. The minimum Gasteiger partial charge on any atom is -0.444 e. The zero-order valence-electron chi connectivity index (χ0n) is 17.1. The molecule has 28 heavy (non-hydrogen) atoms. The number of hydrogen-bond acceptors (Lipinski definition) is 7. The van der Waals surface area contributed by atoms with E-state index in [0.29, 0.717) is 17.8 Å². The number of aromatic nitrogens is 2. The Morgan fingerprint density at radius 3 is 2.79 bits per heavy atom. The molecule has 0 bridgehead atoms. The molecule has 0 radical (unpaired) electrons. The van der Waals surface area contributed by atoms with Gasteiger partial charge >= 0.3 is 6.09 Å². The summed E-state index contributed by atoms with van der Waals surface area (Å²) in [6, 6.07) is 2.02. The fraction of sp³-hybridized carbons (Fsp3) is 0.750. The van der Waals surface area contributed by atoms with Crippen molar-refractivity contribution in [2.45, 2.75) is 32.8 Å². The Bertz CT molecular complexity index is 701. The molecule has 1 aromatic heterocycles. The van der Waals surface area contributed by atoms with Gasteiger partial charge in [-0.05, 0) is 44.9 Å². The SMILES string of the molecule is CC(C)(C)OC(=O)N1CCC2C(CNc3cc(N4CCOCC4)ncn3)C2C1. The minimum absolute atomic E-state index is 0.185. The summed E-state index contributed by atoms with van der Waals surface area (Å²) >= 11 is 0. The van der Waals surface area contributed by atoms with E-state index in [-0.39, 0.29) is 6.09 Å². The predicted molar refractivity (Wildman–Crippen MR) is 106 cm³/mol. The summed E-state index contributed by atoms with van der Waals surface area (Å²) in [7, 11) is 0. The molecule has 3 heterocycles. The van der Waals surface area contributed by atoms with E-state index in [1.807, 2.05) is 31.7 Å². The van der Waals surface area contributed by atoms with E-state index in [1.54, 1.807) is 6.33 Å². The third-order valence-corrected chi connectivity index (χ3v) is 5.83. The second kappa shape index (κ2) is 7.73. The third-order valence-electron chi connectivity index (χ3n) is 5.83. The van der Waals surface area contributed by atoms with Crippen molar-refractivity contribution < 1.29 is 14.3 Å². The zero-order chi connectivity index (χ0) is 19.7. The van der Waals surface area contributed by atoms with Crippen LogP contribution in [0.2, 0.25) is 0 Å². The maximum Gasteiger partial charge on any atom is 0.410 e. The van der Waals surface area contributed by atoms with Crippen molar-refractivity contribution in [2.75, 3.05) is 56.2 Å². The lowest BCUT2D eigenvalue weighted by molar-refractivity contribution is 0.0207. The first-order valence-corrected chi connectivity index (χ1v) is 10.3. The highest BCUT2D eigenvalue weighted by Crippen LogP contribution is 2.51. The molecule has 8 heteroatoms. The molecule has 4 rings (SSSR count). The molecule has 1 N–H and O–H groups in total. The van der Waals surface area contributed by atoms with Gasteiger partial charge in [0.2, 0.25) is 0 Å². The molecule has 1 aromatic rings. The number of morpholine rings is 1. The van der Waals surface area contributed by atoms with Gasteiger partial charge < -0.3 is 24.6 Å². The van der Waals surface area contributed by atoms with Gasteiger partial charge in [0, 0.05) is 38.8 Å². The molecule has 8 nitrogen and oxygen atoms in total. The molecule has 154 valence electrons. The summed E-state index contributed by atoms with van der Waals surface area (Å²) in [5, 5.41) is 3.48. The molecular formula is C20H31N5O3. The van der Waals surface area contributed by atoms with Gasteiger partial charge in [0.1, 0.15) is 23.6 Å². The van der Waals surface area contributed by atoms with Crippen molar-refractivity contribution in [1.82, 2.24) is 14.9 Å². The molecule has 3 aliphatic rings. The number of carbonyl (C=O) groups is 1. The standard InChI is InChI=1S/C20H31N5O3/c1-20(2,3)28-19(26)25-5-4-14-15(16(14)12-25)11-21-17-10-18(23-13-22-17)24-6-8-27-9-7-24/h10,13-16H,4-9,11-12H2,1-3H3,(H,21,22,23). The Balaban J connectivity index is 1.27. The van der Waals surface area contributed by atoms with Crippen LogP contribution in [0.25, 0.3) is 0 Å². The fourth-order valence-corrected chi connectivity index (χ4v) is 4.30. The average molecular weight is 390 g/mol. The van der Waals surface area contributed by atoms with Crippen LogP contribution in [0.5, 0.6) is 0 Å². The monoisotopic (exact) mass is 389 g/mol. The van der Waals surface area contributed by atoms with Crippen LogP contribution >= 0.6 is 0 Å². The number of rotatable bonds is 4. The Hall–Kier alpha value is -2.09. The van der Waals surface area contributed by atoms with Gasteiger partial charge in [0.25, 0.3) is 0 Å². The van der Waals surface area contributed by atoms with Gasteiger partial charge in [0.05, 0.1) is 13.2 Å². The van der Waals surface area contributed by atoms with Crippen molar-refractivity contribution in [3.8, 4) is 0 Å². The van der Waals surface area contributed by atoms with E-state index in [9.17, 15) is 4.79 Å². The van der Waals surface area contributed by atoms with Crippen LogP contribution < -0.4 is 10.2 Å². The van der Waals surface area contributed by atoms with Gasteiger partial charge in [0.15, 0.2) is 0 Å². The van der Waals surface area contributed by atoms with Crippen molar-refractivity contribution >= 4 is 17.7 Å². The van der Waals surface area contributed by atoms with Crippen molar-refractivity contribution in [3.63, 3.8) is 0 Å². The van der Waals surface area contributed by atoms with Gasteiger partial charge in [-0.25, -0.2) is 14.8 Å². The molecule has 0 aromatic carbocycles. The van der Waals surface area contributed by atoms with E-state index in [4.69, 9.17) is 9.47 Å². The van der Waals surface area contributed by atoms with Gasteiger partial charge in [-0.2, -0.15) is 0 Å². The lowest BCUT2D eigenvalue weighted by Crippen LogP contribution is -2.40. The van der Waals surface area contributed by atoms with Crippen LogP contribution in [0.1, 0.15) is 27.2 Å². The topological polar surface area (TPSA) is 79.8 Å². The minimum atomic E-state index is -0.441. The van der Waals surface area contributed by atoms with Crippen molar-refractivity contribution in [3.05, 3.63) is 12.4 Å². The van der Waals surface area contributed by atoms with E-state index in [2.05, 4.69) is 20.2 Å². The molecule has 1 amide bonds. The van der Waals surface area contributed by atoms with Crippen LogP contribution in [-0.2, 0) is 9.47 Å². The van der Waals surface area contributed by atoms with E-state index in [0.717, 1.165) is 64.0 Å². The highest BCUT2D eigenvalue weighted by atomic mass is 16.6. The number of likely N-dealkylation sites (tertiary alicyclic amines) is 1. The number of ether oxygens (including phenoxy) is 2. The highest BCUT2D eigenvalue weighted by Gasteiger charge is 2.53. The van der Waals surface area contributed by atoms with Gasteiger partial charge in [-0.1, -0.05) is 0 Å². The van der Waals surface area contributed by atoms with Crippen molar-refractivity contribution in [2.24, 2.45) is 17.8 Å². The Labute approximate surface area is 166 Å². The number of hydrogen-bond donors (Lipinski definition) is 1. The summed E-state index contributed by atoms with van der Waals surface area (Å²) in [4.78, 5) is 25.2. The van der Waals surface area contributed by atoms with E-state index >= 15 is 0 Å². The molecule has 3 fully saturated rings. The molecular weight excluding hydrogens is 358 g/mol. The van der Waals surface area contributed by atoms with Gasteiger partial charge in [-0.3, -0.25) is 0 Å². The molecule has 2 saturated heterocycles. The number of amides is 1. The molecule has 0 spiro atoms. The maximum atomic E-state index is 12.3. The van der Waals surface area contributed by atoms with Gasteiger partial charge in [-0.15, -0.1) is 0 Å². The smallest absolute Gasteiger partial charge is 0.410 e. The maximum absolute atomic E-state index is 12.3. The summed E-state index contributed by atoms with van der Waals surface area (Å²) < 4.78 is 10.9. The summed E-state index contributed by atoms with van der Waals surface area (Å²) in [6.07, 6.45) is 2.49. The first-order valence-electron chi connectivity index (χ1n) is 10.3. The molecule has 2 aliphatic heterocycles.